The molecule has 0 fully saturated rings. The van der Waals surface area contributed by atoms with Gasteiger partial charge < -0.3 is 14.6 Å². The third kappa shape index (κ3) is 5.10. The predicted octanol–water partition coefficient (Wildman–Crippen LogP) is 0.960. The average molecular weight is 273 g/mol. The first-order valence-electron chi connectivity index (χ1n) is 5.39. The topological polar surface area (TPSA) is 109 Å². The standard InChI is InChI=1S/C11H15NO7/c1-17-10-7-8(3-4-9(10)13)11(14)18-5-2-6-19-12(15)16/h3-4,7,13,15-16H,2,5-6H2,1H3. The number of rotatable bonds is 7. The Morgan fingerprint density at radius 1 is 1.32 bits per heavy atom. The van der Waals surface area contributed by atoms with Crippen LogP contribution in [0.25, 0.3) is 0 Å². The molecule has 0 aliphatic heterocycles. The van der Waals surface area contributed by atoms with Crippen molar-refractivity contribution < 1.29 is 34.6 Å². The normalized spacial score (nSPS) is 10.5. The van der Waals surface area contributed by atoms with E-state index in [1.165, 1.54) is 25.3 Å². The molecule has 0 atom stereocenters. The number of nitrogens with zero attached hydrogens (tertiary/aromatic N) is 1. The van der Waals surface area contributed by atoms with Crippen molar-refractivity contribution in [1.29, 1.82) is 0 Å². The molecular formula is C11H15NO7. The van der Waals surface area contributed by atoms with E-state index in [9.17, 15) is 9.90 Å². The maximum absolute atomic E-state index is 11.6. The van der Waals surface area contributed by atoms with Crippen LogP contribution >= 0.6 is 0 Å². The Kier molecular flexibility index (Phi) is 6.03. The Balaban J connectivity index is 2.41. The molecule has 0 aliphatic carbocycles. The lowest BCUT2D eigenvalue weighted by Crippen LogP contribution is -2.16. The minimum absolute atomic E-state index is 0.0147. The molecule has 1 aromatic carbocycles. The molecule has 0 unspecified atom stereocenters. The third-order valence-electron chi connectivity index (χ3n) is 2.14. The zero-order valence-corrected chi connectivity index (χ0v) is 10.3. The summed E-state index contributed by atoms with van der Waals surface area (Å²) in [6.07, 6.45) is 0.290. The fourth-order valence-corrected chi connectivity index (χ4v) is 1.26. The molecule has 0 amide bonds. The first-order chi connectivity index (χ1) is 9.04. The van der Waals surface area contributed by atoms with Crippen LogP contribution in [0.2, 0.25) is 0 Å². The van der Waals surface area contributed by atoms with Gasteiger partial charge in [0.25, 0.3) is 0 Å². The quantitative estimate of drug-likeness (QED) is 0.383. The van der Waals surface area contributed by atoms with Crippen LogP contribution in [0.3, 0.4) is 0 Å². The van der Waals surface area contributed by atoms with Crippen molar-refractivity contribution in [3.63, 3.8) is 0 Å². The van der Waals surface area contributed by atoms with Crippen molar-refractivity contribution >= 4 is 5.97 Å². The number of phenolic OH excluding ortho intramolecular Hbond substituents is 1. The molecule has 106 valence electrons. The number of esters is 1. The zero-order valence-electron chi connectivity index (χ0n) is 10.3. The number of hydrogen-bond acceptors (Lipinski definition) is 8. The molecule has 0 bridgehead atoms. The van der Waals surface area contributed by atoms with Crippen LogP contribution in [0, 0.1) is 0 Å². The summed E-state index contributed by atoms with van der Waals surface area (Å²) in [5.74, 6) is -0.476. The monoisotopic (exact) mass is 273 g/mol. The summed E-state index contributed by atoms with van der Waals surface area (Å²) in [6.45, 7) is 0.0368. The fourth-order valence-electron chi connectivity index (χ4n) is 1.26. The molecule has 3 N–H and O–H groups in total. The zero-order chi connectivity index (χ0) is 14.3. The van der Waals surface area contributed by atoms with Gasteiger partial charge in [0.1, 0.15) is 0 Å². The van der Waals surface area contributed by atoms with Crippen LogP contribution in [0.1, 0.15) is 16.8 Å². The molecular weight excluding hydrogens is 258 g/mol. The van der Waals surface area contributed by atoms with Gasteiger partial charge in [-0.1, -0.05) is 0 Å². The van der Waals surface area contributed by atoms with Gasteiger partial charge in [0.15, 0.2) is 11.5 Å². The van der Waals surface area contributed by atoms with E-state index in [0.717, 1.165) is 0 Å². The first kappa shape index (κ1) is 15.2. The number of benzene rings is 1. The van der Waals surface area contributed by atoms with E-state index in [1.807, 2.05) is 0 Å². The maximum Gasteiger partial charge on any atom is 0.338 e. The van der Waals surface area contributed by atoms with Crippen molar-refractivity contribution in [3.8, 4) is 11.5 Å². The van der Waals surface area contributed by atoms with Gasteiger partial charge in [0, 0.05) is 6.42 Å². The molecule has 0 saturated heterocycles. The molecule has 0 aliphatic rings. The van der Waals surface area contributed by atoms with Crippen LogP contribution < -0.4 is 4.74 Å². The van der Waals surface area contributed by atoms with Crippen LogP contribution in [-0.2, 0) is 9.57 Å². The summed E-state index contributed by atoms with van der Waals surface area (Å²) in [5, 5.41) is 25.4. The van der Waals surface area contributed by atoms with Crippen molar-refractivity contribution in [2.24, 2.45) is 0 Å². The summed E-state index contributed by atoms with van der Waals surface area (Å²) in [7, 11) is 1.37. The lowest BCUT2D eigenvalue weighted by atomic mass is 10.2. The molecule has 0 saturated carbocycles. The van der Waals surface area contributed by atoms with Crippen molar-refractivity contribution in [2.45, 2.75) is 6.42 Å². The summed E-state index contributed by atoms with van der Waals surface area (Å²) in [5.41, 5.74) is 0.238. The van der Waals surface area contributed by atoms with Gasteiger partial charge in [0.05, 0.1) is 31.3 Å². The molecule has 0 heterocycles. The number of ether oxygens (including phenoxy) is 2. The molecule has 8 nitrogen and oxygen atoms in total. The van der Waals surface area contributed by atoms with Gasteiger partial charge in [0.2, 0.25) is 0 Å². The lowest BCUT2D eigenvalue weighted by Gasteiger charge is -2.08. The Labute approximate surface area is 109 Å². The van der Waals surface area contributed by atoms with E-state index in [0.29, 0.717) is 6.42 Å². The van der Waals surface area contributed by atoms with Gasteiger partial charge >= 0.3 is 5.97 Å². The van der Waals surface area contributed by atoms with Crippen molar-refractivity contribution in [2.75, 3.05) is 20.3 Å². The highest BCUT2D eigenvalue weighted by molar-refractivity contribution is 5.90. The Morgan fingerprint density at radius 3 is 2.68 bits per heavy atom. The third-order valence-corrected chi connectivity index (χ3v) is 2.14. The van der Waals surface area contributed by atoms with E-state index in [-0.39, 0.29) is 30.3 Å². The minimum Gasteiger partial charge on any atom is -0.504 e. The van der Waals surface area contributed by atoms with Crippen LogP contribution in [0.4, 0.5) is 0 Å². The first-order valence-corrected chi connectivity index (χ1v) is 5.39. The second kappa shape index (κ2) is 7.54. The highest BCUT2D eigenvalue weighted by Crippen LogP contribution is 2.26. The Hall–Kier alpha value is -1.87. The molecule has 0 spiro atoms. The highest BCUT2D eigenvalue weighted by Gasteiger charge is 2.10. The fraction of sp³-hybridized carbons (Fsp3) is 0.364. The molecule has 1 rings (SSSR count). The van der Waals surface area contributed by atoms with Crippen molar-refractivity contribution in [1.82, 2.24) is 5.39 Å². The molecule has 0 aromatic heterocycles. The van der Waals surface area contributed by atoms with Gasteiger partial charge in [-0.25, -0.2) is 4.79 Å². The number of carbonyl (C=O) groups is 1. The van der Waals surface area contributed by atoms with Crippen LogP contribution in [0.15, 0.2) is 18.2 Å². The second-order valence-corrected chi connectivity index (χ2v) is 3.46. The van der Waals surface area contributed by atoms with Crippen molar-refractivity contribution in [3.05, 3.63) is 23.8 Å². The molecule has 1 aromatic rings. The number of aromatic hydroxyl groups is 1. The molecule has 8 heteroatoms. The average Bonchev–Trinajstić information content (AvgIpc) is 2.38. The Morgan fingerprint density at radius 2 is 2.05 bits per heavy atom. The van der Waals surface area contributed by atoms with Gasteiger partial charge in [-0.3, -0.25) is 15.3 Å². The minimum atomic E-state index is -0.580. The summed E-state index contributed by atoms with van der Waals surface area (Å²) in [4.78, 5) is 15.9. The molecule has 19 heavy (non-hydrogen) atoms. The number of methoxy groups -OCH3 is 1. The number of hydrogen-bond donors (Lipinski definition) is 3. The molecule has 0 radical (unpaired) electrons. The van der Waals surface area contributed by atoms with E-state index in [1.54, 1.807) is 0 Å². The highest BCUT2D eigenvalue weighted by atomic mass is 17.1. The predicted molar refractivity (Wildman–Crippen MR) is 60.9 cm³/mol. The van der Waals surface area contributed by atoms with Gasteiger partial charge in [-0.2, -0.15) is 0 Å². The number of phenols is 1. The van der Waals surface area contributed by atoms with Crippen LogP contribution in [-0.4, -0.2) is 47.2 Å². The second-order valence-electron chi connectivity index (χ2n) is 3.46. The van der Waals surface area contributed by atoms with Crippen LogP contribution in [0.5, 0.6) is 11.5 Å². The number of carbonyl (C=O) groups excluding carboxylic acids is 1. The summed E-state index contributed by atoms with van der Waals surface area (Å²) in [6, 6.07) is 4.09. The maximum atomic E-state index is 11.6. The van der Waals surface area contributed by atoms with Gasteiger partial charge in [-0.15, -0.1) is 0 Å². The summed E-state index contributed by atoms with van der Waals surface area (Å²) >= 11 is 0. The smallest absolute Gasteiger partial charge is 0.338 e. The van der Waals surface area contributed by atoms with E-state index < -0.39 is 11.4 Å². The van der Waals surface area contributed by atoms with E-state index in [4.69, 9.17) is 19.9 Å². The van der Waals surface area contributed by atoms with E-state index in [2.05, 4.69) is 4.84 Å². The summed E-state index contributed by atoms with van der Waals surface area (Å²) < 4.78 is 9.78. The largest absolute Gasteiger partial charge is 0.504 e. The van der Waals surface area contributed by atoms with Gasteiger partial charge in [-0.05, 0) is 18.2 Å². The lowest BCUT2D eigenvalue weighted by molar-refractivity contribution is -0.492. The Bertz CT molecular complexity index is 422. The SMILES string of the molecule is COc1cc(C(=O)OCCCON(O)O)ccc1O. The van der Waals surface area contributed by atoms with E-state index >= 15 is 0 Å².